The molecule has 0 heterocycles. The molecule has 0 aliphatic heterocycles. The van der Waals surface area contributed by atoms with E-state index in [1.165, 1.54) is 0 Å². The first-order valence-corrected chi connectivity index (χ1v) is 4.05. The molecule has 0 aromatic carbocycles. The first kappa shape index (κ1) is 9.77. The van der Waals surface area contributed by atoms with E-state index in [2.05, 4.69) is 20.4 Å². The van der Waals surface area contributed by atoms with Gasteiger partial charge in [0.1, 0.15) is 0 Å². The molecule has 0 bridgehead atoms. The molecule has 0 spiro atoms. The van der Waals surface area contributed by atoms with Crippen LogP contribution in [0.2, 0.25) is 0 Å². The van der Waals surface area contributed by atoms with Gasteiger partial charge in [-0.1, -0.05) is 37.6 Å². The predicted molar refractivity (Wildman–Crippen MR) is 48.2 cm³/mol. The summed E-state index contributed by atoms with van der Waals surface area (Å²) >= 11 is 5.87. The molecular weight excluding hydrogens is 144 g/mol. The Balaban J connectivity index is 3.66. The van der Waals surface area contributed by atoms with Crippen LogP contribution in [0.3, 0.4) is 0 Å². The van der Waals surface area contributed by atoms with E-state index in [0.29, 0.717) is 5.92 Å². The zero-order valence-electron chi connectivity index (χ0n) is 6.73. The molecule has 10 heavy (non-hydrogen) atoms. The fourth-order valence-electron chi connectivity index (χ4n) is 0.696. The van der Waals surface area contributed by atoms with E-state index in [0.717, 1.165) is 17.9 Å². The topological polar surface area (TPSA) is 0 Å². The first-order valence-electron chi connectivity index (χ1n) is 3.67. The number of allylic oxidation sites excluding steroid dienone is 3. The van der Waals surface area contributed by atoms with Gasteiger partial charge in [0.05, 0.1) is 0 Å². The molecule has 0 rings (SSSR count). The second-order valence-corrected chi connectivity index (χ2v) is 2.96. The van der Waals surface area contributed by atoms with Crippen molar-refractivity contribution in [2.75, 3.05) is 0 Å². The largest absolute Gasteiger partial charge is 0.103 e. The van der Waals surface area contributed by atoms with Crippen LogP contribution in [0.4, 0.5) is 0 Å². The summed E-state index contributed by atoms with van der Waals surface area (Å²) in [6.45, 7) is 7.88. The van der Waals surface area contributed by atoms with Crippen molar-refractivity contribution in [2.45, 2.75) is 26.7 Å². The van der Waals surface area contributed by atoms with E-state index in [4.69, 9.17) is 11.6 Å². The molecule has 0 saturated carbocycles. The highest BCUT2D eigenvalue weighted by molar-refractivity contribution is 6.29. The Morgan fingerprint density at radius 1 is 1.70 bits per heavy atom. The molecule has 0 saturated heterocycles. The van der Waals surface area contributed by atoms with Gasteiger partial charge in [0.2, 0.25) is 0 Å². The van der Waals surface area contributed by atoms with E-state index in [9.17, 15) is 0 Å². The van der Waals surface area contributed by atoms with Gasteiger partial charge in [0.15, 0.2) is 0 Å². The molecule has 0 amide bonds. The van der Waals surface area contributed by atoms with Crippen molar-refractivity contribution >= 4 is 11.6 Å². The Morgan fingerprint density at radius 3 is 2.70 bits per heavy atom. The predicted octanol–water partition coefficient (Wildman–Crippen LogP) is 3.73. The van der Waals surface area contributed by atoms with Gasteiger partial charge in [-0.15, -0.1) is 6.58 Å². The second-order valence-electron chi connectivity index (χ2n) is 2.48. The molecule has 0 aliphatic carbocycles. The Kier molecular flexibility index (Phi) is 5.42. The zero-order valence-corrected chi connectivity index (χ0v) is 7.49. The zero-order chi connectivity index (χ0) is 7.98. The van der Waals surface area contributed by atoms with Crippen LogP contribution in [0.15, 0.2) is 23.8 Å². The summed E-state index contributed by atoms with van der Waals surface area (Å²) in [7, 11) is 0. The van der Waals surface area contributed by atoms with E-state index in [1.54, 1.807) is 0 Å². The maximum Gasteiger partial charge on any atom is 0.0146 e. The van der Waals surface area contributed by atoms with Crippen molar-refractivity contribution in [1.29, 1.82) is 0 Å². The molecule has 58 valence electrons. The summed E-state index contributed by atoms with van der Waals surface area (Å²) in [6, 6.07) is 0. The molecule has 0 aromatic heterocycles. The third-order valence-corrected chi connectivity index (χ3v) is 1.65. The summed E-state index contributed by atoms with van der Waals surface area (Å²) in [5.41, 5.74) is 0. The number of halogens is 1. The highest BCUT2D eigenvalue weighted by Crippen LogP contribution is 2.15. The third-order valence-electron chi connectivity index (χ3n) is 1.34. The molecule has 1 heteroatoms. The van der Waals surface area contributed by atoms with Crippen LogP contribution in [-0.2, 0) is 0 Å². The standard InChI is InChI=1S/C9H15Cl/c1-4-6-9(10)7-8(3)5-2/h5-6,8H,2,4,7H2,1,3H3/b9-6+. The molecule has 1 atom stereocenters. The maximum atomic E-state index is 5.87. The van der Waals surface area contributed by atoms with Crippen LogP contribution in [0.5, 0.6) is 0 Å². The van der Waals surface area contributed by atoms with Crippen molar-refractivity contribution in [2.24, 2.45) is 5.92 Å². The number of hydrogen-bond donors (Lipinski definition) is 0. The molecule has 1 unspecified atom stereocenters. The molecule has 0 aromatic rings. The Bertz CT molecular complexity index is 125. The van der Waals surface area contributed by atoms with Gasteiger partial charge >= 0.3 is 0 Å². The van der Waals surface area contributed by atoms with E-state index in [1.807, 2.05) is 12.2 Å². The normalized spacial score (nSPS) is 14.9. The summed E-state index contributed by atoms with van der Waals surface area (Å²) in [5.74, 6) is 0.496. The Labute approximate surface area is 68.6 Å². The van der Waals surface area contributed by atoms with Gasteiger partial charge in [0.25, 0.3) is 0 Å². The molecular formula is C9H15Cl. The van der Waals surface area contributed by atoms with Crippen LogP contribution >= 0.6 is 11.6 Å². The summed E-state index contributed by atoms with van der Waals surface area (Å²) in [4.78, 5) is 0. The van der Waals surface area contributed by atoms with Crippen LogP contribution < -0.4 is 0 Å². The summed E-state index contributed by atoms with van der Waals surface area (Å²) in [6.07, 6.45) is 5.91. The van der Waals surface area contributed by atoms with Crippen molar-refractivity contribution in [1.82, 2.24) is 0 Å². The van der Waals surface area contributed by atoms with E-state index in [-0.39, 0.29) is 0 Å². The molecule has 0 aliphatic rings. The molecule has 0 N–H and O–H groups in total. The average molecular weight is 159 g/mol. The van der Waals surface area contributed by atoms with E-state index >= 15 is 0 Å². The minimum absolute atomic E-state index is 0.496. The summed E-state index contributed by atoms with van der Waals surface area (Å²) < 4.78 is 0. The highest BCUT2D eigenvalue weighted by atomic mass is 35.5. The van der Waals surface area contributed by atoms with Gasteiger partial charge in [-0.2, -0.15) is 0 Å². The lowest BCUT2D eigenvalue weighted by atomic mass is 10.1. The Hall–Kier alpha value is -0.230. The Morgan fingerprint density at radius 2 is 2.30 bits per heavy atom. The summed E-state index contributed by atoms with van der Waals surface area (Å²) in [5, 5.41) is 0.954. The minimum atomic E-state index is 0.496. The number of rotatable bonds is 4. The van der Waals surface area contributed by atoms with Gasteiger partial charge in [0, 0.05) is 5.03 Å². The van der Waals surface area contributed by atoms with Crippen LogP contribution in [0.1, 0.15) is 26.7 Å². The molecule has 0 fully saturated rings. The minimum Gasteiger partial charge on any atom is -0.103 e. The van der Waals surface area contributed by atoms with Crippen molar-refractivity contribution < 1.29 is 0 Å². The quantitative estimate of drug-likeness (QED) is 0.547. The smallest absolute Gasteiger partial charge is 0.0146 e. The lowest BCUT2D eigenvalue weighted by Crippen LogP contribution is -1.87. The van der Waals surface area contributed by atoms with Crippen LogP contribution in [-0.4, -0.2) is 0 Å². The molecule has 0 radical (unpaired) electrons. The monoisotopic (exact) mass is 158 g/mol. The van der Waals surface area contributed by atoms with Crippen molar-refractivity contribution in [3.05, 3.63) is 23.8 Å². The highest BCUT2D eigenvalue weighted by Gasteiger charge is 1.97. The first-order chi connectivity index (χ1) is 4.70. The SMILES string of the molecule is C=CC(C)C/C(Cl)=C\CC. The number of hydrogen-bond acceptors (Lipinski definition) is 0. The third kappa shape index (κ3) is 4.63. The van der Waals surface area contributed by atoms with Gasteiger partial charge in [-0.3, -0.25) is 0 Å². The fraction of sp³-hybridized carbons (Fsp3) is 0.556. The van der Waals surface area contributed by atoms with Crippen molar-refractivity contribution in [3.8, 4) is 0 Å². The van der Waals surface area contributed by atoms with E-state index < -0.39 is 0 Å². The fourth-order valence-corrected chi connectivity index (χ4v) is 1.09. The van der Waals surface area contributed by atoms with Crippen molar-refractivity contribution in [3.63, 3.8) is 0 Å². The van der Waals surface area contributed by atoms with Gasteiger partial charge in [-0.05, 0) is 18.8 Å². The van der Waals surface area contributed by atoms with Gasteiger partial charge < -0.3 is 0 Å². The van der Waals surface area contributed by atoms with Gasteiger partial charge in [-0.25, -0.2) is 0 Å². The lowest BCUT2D eigenvalue weighted by molar-refractivity contribution is 0.736. The maximum absolute atomic E-state index is 5.87. The lowest BCUT2D eigenvalue weighted by Gasteiger charge is -2.02. The average Bonchev–Trinajstić information content (AvgIpc) is 1.88. The second kappa shape index (κ2) is 5.55. The van der Waals surface area contributed by atoms with Crippen LogP contribution in [0, 0.1) is 5.92 Å². The molecule has 0 nitrogen and oxygen atoms in total. The van der Waals surface area contributed by atoms with Crippen LogP contribution in [0.25, 0.3) is 0 Å².